The molecule has 0 bridgehead atoms. The highest BCUT2D eigenvalue weighted by Gasteiger charge is 2.34. The van der Waals surface area contributed by atoms with Crippen LogP contribution in [-0.4, -0.2) is 33.9 Å². The Bertz CT molecular complexity index is 403. The Balaban J connectivity index is 4.42. The van der Waals surface area contributed by atoms with Crippen molar-refractivity contribution in [1.29, 1.82) is 0 Å². The van der Waals surface area contributed by atoms with Crippen LogP contribution in [-0.2, 0) is 9.47 Å². The molecule has 26 heavy (non-hydrogen) atoms. The first-order chi connectivity index (χ1) is 11.4. The molecule has 0 radical (unpaired) electrons. The summed E-state index contributed by atoms with van der Waals surface area (Å²) in [5, 5.41) is 0. The van der Waals surface area contributed by atoms with E-state index in [1.807, 2.05) is 11.8 Å². The van der Waals surface area contributed by atoms with E-state index < -0.39 is 0 Å². The van der Waals surface area contributed by atoms with Crippen LogP contribution in [0.5, 0.6) is 0 Å². The summed E-state index contributed by atoms with van der Waals surface area (Å²) >= 11 is 2.01. The molecule has 0 aliphatic heterocycles. The normalized spacial score (nSPS) is 14.8. The average molecular weight is 389 g/mol. The van der Waals surface area contributed by atoms with Gasteiger partial charge in [0, 0.05) is 4.75 Å². The van der Waals surface area contributed by atoms with Gasteiger partial charge in [0.15, 0.2) is 0 Å². The number of rotatable bonds is 12. The lowest BCUT2D eigenvalue weighted by Gasteiger charge is -2.41. The topological polar surface area (TPSA) is 18.5 Å². The summed E-state index contributed by atoms with van der Waals surface area (Å²) in [5.74, 6) is 1.13. The zero-order valence-corrected chi connectivity index (χ0v) is 20.8. The SMILES string of the molecule is CCC(C)(C)CC(C)(C)OC(C)(C)CCOC(C)(C)CCSC(C)(C)C. The Labute approximate surface area is 169 Å². The molecule has 0 aromatic rings. The highest BCUT2D eigenvalue weighted by molar-refractivity contribution is 8.00. The van der Waals surface area contributed by atoms with Gasteiger partial charge in [-0.15, -0.1) is 0 Å². The third-order valence-electron chi connectivity index (χ3n) is 4.85. The fraction of sp³-hybridized carbons (Fsp3) is 1.00. The fourth-order valence-electron chi connectivity index (χ4n) is 3.36. The molecule has 0 aromatic heterocycles. The maximum absolute atomic E-state index is 6.52. The average Bonchev–Trinajstić information content (AvgIpc) is 2.33. The second-order valence-corrected chi connectivity index (χ2v) is 13.3. The van der Waals surface area contributed by atoms with E-state index in [0.29, 0.717) is 10.2 Å². The van der Waals surface area contributed by atoms with Crippen molar-refractivity contribution < 1.29 is 9.47 Å². The maximum Gasteiger partial charge on any atom is 0.0655 e. The third kappa shape index (κ3) is 13.4. The maximum atomic E-state index is 6.52. The van der Waals surface area contributed by atoms with Crippen molar-refractivity contribution in [3.8, 4) is 0 Å². The Hall–Kier alpha value is 0.270. The summed E-state index contributed by atoms with van der Waals surface area (Å²) in [6.45, 7) is 27.7. The van der Waals surface area contributed by atoms with Crippen LogP contribution in [0.15, 0.2) is 0 Å². The minimum Gasteiger partial charge on any atom is -0.375 e. The molecule has 0 saturated carbocycles. The van der Waals surface area contributed by atoms with Gasteiger partial charge in [0.05, 0.1) is 23.4 Å². The van der Waals surface area contributed by atoms with Gasteiger partial charge in [-0.3, -0.25) is 0 Å². The Morgan fingerprint density at radius 3 is 1.69 bits per heavy atom. The standard InChI is InChI=1S/C23H48O2S/c1-13-20(5,6)18-23(11,12)25-22(9,10)14-16-24-21(7,8)15-17-26-19(2,3)4/h13-18H2,1-12H3. The molecule has 0 aliphatic carbocycles. The number of thioether (sulfide) groups is 1. The van der Waals surface area contributed by atoms with Gasteiger partial charge in [-0.05, 0) is 72.0 Å². The van der Waals surface area contributed by atoms with Crippen LogP contribution in [0, 0.1) is 5.41 Å². The molecule has 158 valence electrons. The van der Waals surface area contributed by atoms with E-state index in [1.54, 1.807) is 0 Å². The second-order valence-electron chi connectivity index (χ2n) is 11.4. The summed E-state index contributed by atoms with van der Waals surface area (Å²) in [4.78, 5) is 0. The molecule has 0 N–H and O–H groups in total. The summed E-state index contributed by atoms with van der Waals surface area (Å²) in [5.41, 5.74) is -0.0672. The molecule has 0 saturated heterocycles. The molecule has 0 unspecified atom stereocenters. The van der Waals surface area contributed by atoms with Crippen LogP contribution in [0.4, 0.5) is 0 Å². The van der Waals surface area contributed by atoms with E-state index in [2.05, 4.69) is 83.1 Å². The molecule has 0 amide bonds. The monoisotopic (exact) mass is 388 g/mol. The van der Waals surface area contributed by atoms with Gasteiger partial charge in [0.25, 0.3) is 0 Å². The number of hydrogen-bond donors (Lipinski definition) is 0. The van der Waals surface area contributed by atoms with Crippen LogP contribution in [0.2, 0.25) is 0 Å². The molecule has 3 heteroatoms. The van der Waals surface area contributed by atoms with Gasteiger partial charge in [-0.2, -0.15) is 11.8 Å². The molecule has 0 heterocycles. The summed E-state index contributed by atoms with van der Waals surface area (Å²) in [7, 11) is 0. The first-order valence-electron chi connectivity index (χ1n) is 10.4. The van der Waals surface area contributed by atoms with Gasteiger partial charge >= 0.3 is 0 Å². The van der Waals surface area contributed by atoms with E-state index in [0.717, 1.165) is 31.6 Å². The van der Waals surface area contributed by atoms with Crippen molar-refractivity contribution in [3.63, 3.8) is 0 Å². The first kappa shape index (κ1) is 26.3. The van der Waals surface area contributed by atoms with E-state index in [1.165, 1.54) is 6.42 Å². The zero-order valence-electron chi connectivity index (χ0n) is 20.0. The highest BCUT2D eigenvalue weighted by Crippen LogP contribution is 2.36. The molecular formula is C23H48O2S. The molecule has 0 rings (SSSR count). The quantitative estimate of drug-likeness (QED) is 0.345. The van der Waals surface area contributed by atoms with Crippen LogP contribution >= 0.6 is 11.8 Å². The zero-order chi connectivity index (χ0) is 20.9. The molecular weight excluding hydrogens is 340 g/mol. The van der Waals surface area contributed by atoms with E-state index >= 15 is 0 Å². The highest BCUT2D eigenvalue weighted by atomic mass is 32.2. The number of ether oxygens (including phenoxy) is 2. The van der Waals surface area contributed by atoms with Crippen molar-refractivity contribution >= 4 is 11.8 Å². The number of hydrogen-bond acceptors (Lipinski definition) is 3. The van der Waals surface area contributed by atoms with Gasteiger partial charge < -0.3 is 9.47 Å². The summed E-state index contributed by atoms with van der Waals surface area (Å²) in [6.07, 6.45) is 4.23. The van der Waals surface area contributed by atoms with Crippen LogP contribution in [0.25, 0.3) is 0 Å². The lowest BCUT2D eigenvalue weighted by molar-refractivity contribution is -0.152. The van der Waals surface area contributed by atoms with Gasteiger partial charge in [-0.25, -0.2) is 0 Å². The largest absolute Gasteiger partial charge is 0.375 e. The smallest absolute Gasteiger partial charge is 0.0655 e. The molecule has 0 spiro atoms. The summed E-state index contributed by atoms with van der Waals surface area (Å²) in [6, 6.07) is 0. The van der Waals surface area contributed by atoms with Crippen LogP contribution < -0.4 is 0 Å². The predicted molar refractivity (Wildman–Crippen MR) is 119 cm³/mol. The Kier molecular flexibility index (Phi) is 9.75. The van der Waals surface area contributed by atoms with Crippen LogP contribution in [0.1, 0.15) is 109 Å². The third-order valence-corrected chi connectivity index (χ3v) is 6.12. The van der Waals surface area contributed by atoms with Crippen LogP contribution in [0.3, 0.4) is 0 Å². The lowest BCUT2D eigenvalue weighted by Crippen LogP contribution is -2.41. The van der Waals surface area contributed by atoms with Gasteiger partial charge in [-0.1, -0.05) is 48.0 Å². The first-order valence-corrected chi connectivity index (χ1v) is 11.4. The molecule has 0 aliphatic rings. The van der Waals surface area contributed by atoms with Gasteiger partial charge in [0.1, 0.15) is 0 Å². The van der Waals surface area contributed by atoms with E-state index in [4.69, 9.17) is 9.47 Å². The van der Waals surface area contributed by atoms with Crippen molar-refractivity contribution in [2.45, 2.75) is 130 Å². The minimum absolute atomic E-state index is 0.0753. The Morgan fingerprint density at radius 1 is 0.692 bits per heavy atom. The predicted octanol–water partition coefficient (Wildman–Crippen LogP) is 7.49. The van der Waals surface area contributed by atoms with E-state index in [9.17, 15) is 0 Å². The van der Waals surface area contributed by atoms with Crippen molar-refractivity contribution in [1.82, 2.24) is 0 Å². The summed E-state index contributed by atoms with van der Waals surface area (Å²) < 4.78 is 13.1. The molecule has 2 nitrogen and oxygen atoms in total. The van der Waals surface area contributed by atoms with Crippen molar-refractivity contribution in [2.75, 3.05) is 12.4 Å². The molecule has 0 aromatic carbocycles. The fourth-order valence-corrected chi connectivity index (χ4v) is 4.57. The molecule has 0 fully saturated rings. The van der Waals surface area contributed by atoms with Crippen molar-refractivity contribution in [2.24, 2.45) is 5.41 Å². The minimum atomic E-state index is -0.177. The Morgan fingerprint density at radius 2 is 1.23 bits per heavy atom. The van der Waals surface area contributed by atoms with Crippen molar-refractivity contribution in [3.05, 3.63) is 0 Å². The molecule has 0 atom stereocenters. The van der Waals surface area contributed by atoms with Gasteiger partial charge in [0.2, 0.25) is 0 Å². The second kappa shape index (κ2) is 9.65. The lowest BCUT2D eigenvalue weighted by atomic mass is 9.79. The van der Waals surface area contributed by atoms with E-state index in [-0.39, 0.29) is 16.8 Å².